The van der Waals surface area contributed by atoms with Crippen molar-refractivity contribution in [1.82, 2.24) is 10.3 Å². The van der Waals surface area contributed by atoms with Gasteiger partial charge < -0.3 is 5.32 Å². The molecule has 1 N–H and O–H groups in total. The van der Waals surface area contributed by atoms with E-state index in [9.17, 15) is 0 Å². The molecule has 4 heteroatoms. The van der Waals surface area contributed by atoms with Gasteiger partial charge in [0.2, 0.25) is 0 Å². The molecular weight excluding hydrogens is 331 g/mol. The second-order valence-electron chi connectivity index (χ2n) is 3.60. The number of hydrogen-bond acceptors (Lipinski definition) is 3. The van der Waals surface area contributed by atoms with Crippen LogP contribution in [-0.2, 0) is 6.54 Å². The summed E-state index contributed by atoms with van der Waals surface area (Å²) in [6.07, 6.45) is 1.85. The predicted octanol–water partition coefficient (Wildman–Crippen LogP) is 3.60. The van der Waals surface area contributed by atoms with Crippen LogP contribution in [0.25, 0.3) is 0 Å². The summed E-state index contributed by atoms with van der Waals surface area (Å²) in [6.45, 7) is 3.03. The summed E-state index contributed by atoms with van der Waals surface area (Å²) in [6, 6.07) is 8.89. The fraction of sp³-hybridized carbons (Fsp3) is 0.250. The normalized spacial score (nSPS) is 12.6. The van der Waals surface area contributed by atoms with Crippen molar-refractivity contribution in [2.45, 2.75) is 19.5 Å². The zero-order valence-corrected chi connectivity index (χ0v) is 12.0. The zero-order chi connectivity index (χ0) is 11.4. The molecule has 0 radical (unpaired) electrons. The standard InChI is InChI=1S/C12H13IN2S/c1-9(12-14-6-7-16-12)15-8-10-2-4-11(13)5-3-10/h2-7,9,15H,8H2,1H3. The number of halogens is 1. The Morgan fingerprint density at radius 2 is 2.12 bits per heavy atom. The summed E-state index contributed by atoms with van der Waals surface area (Å²) in [7, 11) is 0. The van der Waals surface area contributed by atoms with E-state index >= 15 is 0 Å². The van der Waals surface area contributed by atoms with E-state index in [1.54, 1.807) is 11.3 Å². The molecule has 2 nitrogen and oxygen atoms in total. The third kappa shape index (κ3) is 3.26. The lowest BCUT2D eigenvalue weighted by Gasteiger charge is -2.10. The Balaban J connectivity index is 1.90. The molecule has 1 unspecified atom stereocenters. The fourth-order valence-corrected chi connectivity index (χ4v) is 2.44. The molecule has 0 saturated heterocycles. The van der Waals surface area contributed by atoms with Crippen LogP contribution < -0.4 is 5.32 Å². The van der Waals surface area contributed by atoms with Crippen molar-refractivity contribution in [1.29, 1.82) is 0 Å². The maximum atomic E-state index is 4.30. The lowest BCUT2D eigenvalue weighted by molar-refractivity contribution is 0.572. The summed E-state index contributed by atoms with van der Waals surface area (Å²) in [5.74, 6) is 0. The van der Waals surface area contributed by atoms with Gasteiger partial charge in [0, 0.05) is 21.7 Å². The first-order valence-corrected chi connectivity index (χ1v) is 7.09. The van der Waals surface area contributed by atoms with E-state index in [4.69, 9.17) is 0 Å². The third-order valence-electron chi connectivity index (χ3n) is 2.35. The number of thiazole rings is 1. The van der Waals surface area contributed by atoms with E-state index in [2.05, 4.69) is 64.1 Å². The molecule has 16 heavy (non-hydrogen) atoms. The van der Waals surface area contributed by atoms with Crippen LogP contribution in [0.15, 0.2) is 35.8 Å². The van der Waals surface area contributed by atoms with Crippen molar-refractivity contribution >= 4 is 33.9 Å². The Morgan fingerprint density at radius 3 is 2.75 bits per heavy atom. The average molecular weight is 344 g/mol. The summed E-state index contributed by atoms with van der Waals surface area (Å²) >= 11 is 4.01. The maximum Gasteiger partial charge on any atom is 0.109 e. The van der Waals surface area contributed by atoms with Crippen LogP contribution in [0.2, 0.25) is 0 Å². The highest BCUT2D eigenvalue weighted by atomic mass is 127. The van der Waals surface area contributed by atoms with Gasteiger partial charge in [-0.05, 0) is 47.2 Å². The molecule has 0 fully saturated rings. The van der Waals surface area contributed by atoms with Crippen LogP contribution in [0.3, 0.4) is 0 Å². The molecular formula is C12H13IN2S. The van der Waals surface area contributed by atoms with E-state index in [0.717, 1.165) is 11.6 Å². The van der Waals surface area contributed by atoms with Gasteiger partial charge in [-0.2, -0.15) is 0 Å². The second kappa shape index (κ2) is 5.75. The molecule has 0 aliphatic rings. The largest absolute Gasteiger partial charge is 0.304 e. The lowest BCUT2D eigenvalue weighted by Crippen LogP contribution is -2.17. The number of aromatic nitrogens is 1. The van der Waals surface area contributed by atoms with Gasteiger partial charge in [-0.3, -0.25) is 0 Å². The molecule has 1 aromatic heterocycles. The molecule has 0 amide bonds. The number of nitrogens with zero attached hydrogens (tertiary/aromatic N) is 1. The zero-order valence-electron chi connectivity index (χ0n) is 8.98. The number of nitrogens with one attached hydrogen (secondary N) is 1. The highest BCUT2D eigenvalue weighted by molar-refractivity contribution is 14.1. The van der Waals surface area contributed by atoms with Crippen molar-refractivity contribution in [3.63, 3.8) is 0 Å². The van der Waals surface area contributed by atoms with Gasteiger partial charge in [-0.1, -0.05) is 12.1 Å². The molecule has 0 aliphatic heterocycles. The average Bonchev–Trinajstić information content (AvgIpc) is 2.81. The third-order valence-corrected chi connectivity index (χ3v) is 4.02. The van der Waals surface area contributed by atoms with Gasteiger partial charge in [0.15, 0.2) is 0 Å². The molecule has 0 aliphatic carbocycles. The van der Waals surface area contributed by atoms with Gasteiger partial charge in [0.25, 0.3) is 0 Å². The first-order chi connectivity index (χ1) is 7.75. The minimum atomic E-state index is 0.319. The number of benzene rings is 1. The maximum absolute atomic E-state index is 4.30. The first kappa shape index (κ1) is 12.0. The van der Waals surface area contributed by atoms with Crippen molar-refractivity contribution in [2.24, 2.45) is 0 Å². The van der Waals surface area contributed by atoms with E-state index < -0.39 is 0 Å². The van der Waals surface area contributed by atoms with Crippen LogP contribution in [0.1, 0.15) is 23.5 Å². The summed E-state index contributed by atoms with van der Waals surface area (Å²) in [4.78, 5) is 4.30. The minimum absolute atomic E-state index is 0.319. The van der Waals surface area contributed by atoms with Gasteiger partial charge in [0.05, 0.1) is 6.04 Å². The number of hydrogen-bond donors (Lipinski definition) is 1. The second-order valence-corrected chi connectivity index (χ2v) is 5.77. The van der Waals surface area contributed by atoms with Gasteiger partial charge in [-0.15, -0.1) is 11.3 Å². The topological polar surface area (TPSA) is 24.9 Å². The highest BCUT2D eigenvalue weighted by Gasteiger charge is 2.06. The summed E-state index contributed by atoms with van der Waals surface area (Å²) in [5, 5.41) is 6.62. The summed E-state index contributed by atoms with van der Waals surface area (Å²) in [5.41, 5.74) is 1.31. The molecule has 1 heterocycles. The van der Waals surface area contributed by atoms with Crippen LogP contribution in [0.5, 0.6) is 0 Å². The van der Waals surface area contributed by atoms with Crippen molar-refractivity contribution in [3.05, 3.63) is 50.0 Å². The molecule has 84 valence electrons. The first-order valence-electron chi connectivity index (χ1n) is 5.13. The molecule has 2 rings (SSSR count). The Morgan fingerprint density at radius 1 is 1.38 bits per heavy atom. The minimum Gasteiger partial charge on any atom is -0.304 e. The Kier molecular flexibility index (Phi) is 4.31. The summed E-state index contributed by atoms with van der Waals surface area (Å²) < 4.78 is 1.27. The monoisotopic (exact) mass is 344 g/mol. The van der Waals surface area contributed by atoms with Gasteiger partial charge in [-0.25, -0.2) is 4.98 Å². The van der Waals surface area contributed by atoms with E-state index in [0.29, 0.717) is 6.04 Å². The van der Waals surface area contributed by atoms with Crippen molar-refractivity contribution < 1.29 is 0 Å². The van der Waals surface area contributed by atoms with Gasteiger partial charge >= 0.3 is 0 Å². The molecule has 1 aromatic carbocycles. The number of rotatable bonds is 4. The SMILES string of the molecule is CC(NCc1ccc(I)cc1)c1nccs1. The van der Waals surface area contributed by atoms with E-state index in [1.165, 1.54) is 9.13 Å². The van der Waals surface area contributed by atoms with Crippen molar-refractivity contribution in [3.8, 4) is 0 Å². The molecule has 1 atom stereocenters. The fourth-order valence-electron chi connectivity index (χ4n) is 1.41. The van der Waals surface area contributed by atoms with E-state index in [-0.39, 0.29) is 0 Å². The lowest BCUT2D eigenvalue weighted by atomic mass is 10.2. The Bertz CT molecular complexity index is 425. The molecule has 0 bridgehead atoms. The molecule has 2 aromatic rings. The van der Waals surface area contributed by atoms with Crippen LogP contribution in [-0.4, -0.2) is 4.98 Å². The molecule has 0 saturated carbocycles. The van der Waals surface area contributed by atoms with Crippen molar-refractivity contribution in [2.75, 3.05) is 0 Å². The van der Waals surface area contributed by atoms with Crippen LogP contribution in [0.4, 0.5) is 0 Å². The smallest absolute Gasteiger partial charge is 0.109 e. The molecule has 0 spiro atoms. The Labute approximate surface area is 113 Å². The highest BCUT2D eigenvalue weighted by Crippen LogP contribution is 2.15. The van der Waals surface area contributed by atoms with Crippen LogP contribution >= 0.6 is 33.9 Å². The van der Waals surface area contributed by atoms with E-state index in [1.807, 2.05) is 11.6 Å². The quantitative estimate of drug-likeness (QED) is 0.858. The van der Waals surface area contributed by atoms with Crippen LogP contribution in [0, 0.1) is 3.57 Å². The predicted molar refractivity (Wildman–Crippen MR) is 76.5 cm³/mol. The van der Waals surface area contributed by atoms with Gasteiger partial charge in [0.1, 0.15) is 5.01 Å². The Hall–Kier alpha value is -0.460.